The van der Waals surface area contributed by atoms with Gasteiger partial charge in [-0.15, -0.1) is 12.4 Å². The maximum Gasteiger partial charge on any atom is 0.0722 e. The van der Waals surface area contributed by atoms with Crippen molar-refractivity contribution < 1.29 is 9.47 Å². The molecule has 2 atom stereocenters. The largest absolute Gasteiger partial charge is 0.381 e. The van der Waals surface area contributed by atoms with Gasteiger partial charge in [-0.2, -0.15) is 0 Å². The highest BCUT2D eigenvalue weighted by atomic mass is 35.5. The van der Waals surface area contributed by atoms with E-state index in [0.29, 0.717) is 12.6 Å². The summed E-state index contributed by atoms with van der Waals surface area (Å²) in [6, 6.07) is 0. The minimum atomic E-state index is 0. The molecule has 11 heavy (non-hydrogen) atoms. The van der Waals surface area contributed by atoms with Crippen LogP contribution in [-0.4, -0.2) is 32.5 Å². The van der Waals surface area contributed by atoms with E-state index in [0.717, 1.165) is 19.4 Å². The molecule has 0 amide bonds. The van der Waals surface area contributed by atoms with Crippen LogP contribution in [-0.2, 0) is 9.47 Å². The maximum absolute atomic E-state index is 5.44. The number of ether oxygens (including phenoxy) is 2. The van der Waals surface area contributed by atoms with Crippen LogP contribution in [0, 0.1) is 0 Å². The molecule has 1 rings (SSSR count). The Bertz CT molecular complexity index is 92.4. The Kier molecular flexibility index (Phi) is 5.86. The fourth-order valence-electron chi connectivity index (χ4n) is 1.22. The van der Waals surface area contributed by atoms with E-state index in [-0.39, 0.29) is 18.5 Å². The molecular weight excluding hydrogens is 166 g/mol. The minimum absolute atomic E-state index is 0. The number of hydrogen-bond donors (Lipinski definition) is 1. The zero-order valence-corrected chi connectivity index (χ0v) is 7.60. The van der Waals surface area contributed by atoms with Crippen molar-refractivity contribution >= 4 is 12.4 Å². The van der Waals surface area contributed by atoms with Crippen molar-refractivity contribution in [2.45, 2.75) is 25.0 Å². The Balaban J connectivity index is 0.000001000. The van der Waals surface area contributed by atoms with Crippen LogP contribution >= 0.6 is 12.4 Å². The summed E-state index contributed by atoms with van der Waals surface area (Å²) in [6.07, 6.45) is 2.54. The van der Waals surface area contributed by atoms with Gasteiger partial charge in [-0.3, -0.25) is 0 Å². The average Bonchev–Trinajstić information content (AvgIpc) is 2.05. The standard InChI is InChI=1S/C7H15NO2.ClH/c1-9-6-2-3-10-7(4-6)5-8;/h6-7H,2-5,8H2,1H3;1H. The first-order valence-electron chi connectivity index (χ1n) is 3.71. The van der Waals surface area contributed by atoms with E-state index in [9.17, 15) is 0 Å². The molecule has 4 heteroatoms. The third-order valence-corrected chi connectivity index (χ3v) is 1.92. The van der Waals surface area contributed by atoms with Crippen LogP contribution in [0.4, 0.5) is 0 Å². The second-order valence-electron chi connectivity index (χ2n) is 2.61. The predicted octanol–water partition coefficient (Wildman–Crippen LogP) is 0.561. The molecule has 1 aliphatic rings. The molecule has 68 valence electrons. The quantitative estimate of drug-likeness (QED) is 0.677. The molecule has 0 bridgehead atoms. The first-order chi connectivity index (χ1) is 4.86. The van der Waals surface area contributed by atoms with Gasteiger partial charge < -0.3 is 15.2 Å². The highest BCUT2D eigenvalue weighted by Gasteiger charge is 2.20. The summed E-state index contributed by atoms with van der Waals surface area (Å²) < 4.78 is 10.5. The summed E-state index contributed by atoms with van der Waals surface area (Å²) in [5.74, 6) is 0. The van der Waals surface area contributed by atoms with Crippen molar-refractivity contribution in [2.24, 2.45) is 5.73 Å². The van der Waals surface area contributed by atoms with E-state index in [4.69, 9.17) is 15.2 Å². The van der Waals surface area contributed by atoms with Gasteiger partial charge in [-0.25, -0.2) is 0 Å². The van der Waals surface area contributed by atoms with Crippen LogP contribution in [0.1, 0.15) is 12.8 Å². The van der Waals surface area contributed by atoms with Crippen LogP contribution in [0.2, 0.25) is 0 Å². The molecule has 0 saturated carbocycles. The van der Waals surface area contributed by atoms with Gasteiger partial charge in [0.1, 0.15) is 0 Å². The molecule has 0 aliphatic carbocycles. The molecule has 0 radical (unpaired) electrons. The zero-order valence-electron chi connectivity index (χ0n) is 6.79. The molecule has 1 heterocycles. The molecule has 1 aliphatic heterocycles. The topological polar surface area (TPSA) is 44.5 Å². The van der Waals surface area contributed by atoms with Gasteiger partial charge in [-0.05, 0) is 6.42 Å². The van der Waals surface area contributed by atoms with Gasteiger partial charge in [-0.1, -0.05) is 0 Å². The minimum Gasteiger partial charge on any atom is -0.381 e. The van der Waals surface area contributed by atoms with Gasteiger partial charge in [0.2, 0.25) is 0 Å². The molecule has 3 nitrogen and oxygen atoms in total. The second kappa shape index (κ2) is 5.77. The van der Waals surface area contributed by atoms with Crippen molar-refractivity contribution in [1.82, 2.24) is 0 Å². The summed E-state index contributed by atoms with van der Waals surface area (Å²) in [5.41, 5.74) is 5.44. The number of halogens is 1. The van der Waals surface area contributed by atoms with E-state index in [1.165, 1.54) is 0 Å². The highest BCUT2D eigenvalue weighted by molar-refractivity contribution is 5.85. The second-order valence-corrected chi connectivity index (χ2v) is 2.61. The van der Waals surface area contributed by atoms with Gasteiger partial charge >= 0.3 is 0 Å². The van der Waals surface area contributed by atoms with E-state index >= 15 is 0 Å². The predicted molar refractivity (Wildman–Crippen MR) is 46.1 cm³/mol. The van der Waals surface area contributed by atoms with E-state index in [1.807, 2.05) is 0 Å². The number of rotatable bonds is 2. The first-order valence-corrected chi connectivity index (χ1v) is 3.71. The number of methoxy groups -OCH3 is 1. The highest BCUT2D eigenvalue weighted by Crippen LogP contribution is 2.14. The molecule has 0 aromatic carbocycles. The summed E-state index contributed by atoms with van der Waals surface area (Å²) >= 11 is 0. The smallest absolute Gasteiger partial charge is 0.0722 e. The molecule has 2 unspecified atom stereocenters. The molecule has 0 aromatic rings. The first kappa shape index (κ1) is 11.2. The molecule has 0 aromatic heterocycles. The fraction of sp³-hybridized carbons (Fsp3) is 1.00. The lowest BCUT2D eigenvalue weighted by Crippen LogP contribution is -2.35. The van der Waals surface area contributed by atoms with Crippen LogP contribution in [0.15, 0.2) is 0 Å². The summed E-state index contributed by atoms with van der Waals surface area (Å²) in [7, 11) is 1.74. The Hall–Kier alpha value is 0.170. The van der Waals surface area contributed by atoms with Crippen LogP contribution in [0.25, 0.3) is 0 Å². The van der Waals surface area contributed by atoms with Crippen molar-refractivity contribution in [3.63, 3.8) is 0 Å². The molecule has 1 saturated heterocycles. The van der Waals surface area contributed by atoms with Gasteiger partial charge in [0, 0.05) is 26.7 Å². The lowest BCUT2D eigenvalue weighted by Gasteiger charge is -2.27. The Morgan fingerprint density at radius 3 is 2.91 bits per heavy atom. The third-order valence-electron chi connectivity index (χ3n) is 1.92. The van der Waals surface area contributed by atoms with Gasteiger partial charge in [0.25, 0.3) is 0 Å². The maximum atomic E-state index is 5.44. The third kappa shape index (κ3) is 3.38. The van der Waals surface area contributed by atoms with Gasteiger partial charge in [0.15, 0.2) is 0 Å². The van der Waals surface area contributed by atoms with Crippen molar-refractivity contribution in [1.29, 1.82) is 0 Å². The van der Waals surface area contributed by atoms with Crippen molar-refractivity contribution in [2.75, 3.05) is 20.3 Å². The van der Waals surface area contributed by atoms with Crippen LogP contribution in [0.3, 0.4) is 0 Å². The SMILES string of the molecule is COC1CCOC(CN)C1.Cl. The van der Waals surface area contributed by atoms with Crippen molar-refractivity contribution in [3.05, 3.63) is 0 Å². The fourth-order valence-corrected chi connectivity index (χ4v) is 1.22. The monoisotopic (exact) mass is 181 g/mol. The molecule has 2 N–H and O–H groups in total. The Morgan fingerprint density at radius 2 is 2.36 bits per heavy atom. The summed E-state index contributed by atoms with van der Waals surface area (Å²) in [5, 5.41) is 0. The van der Waals surface area contributed by atoms with Crippen molar-refractivity contribution in [3.8, 4) is 0 Å². The van der Waals surface area contributed by atoms with E-state index in [1.54, 1.807) is 7.11 Å². The molecule has 1 fully saturated rings. The lowest BCUT2D eigenvalue weighted by molar-refractivity contribution is -0.0540. The van der Waals surface area contributed by atoms with Crippen LogP contribution in [0.5, 0.6) is 0 Å². The molecular formula is C7H16ClNO2. The lowest BCUT2D eigenvalue weighted by atomic mass is 10.1. The van der Waals surface area contributed by atoms with Crippen LogP contribution < -0.4 is 5.73 Å². The van der Waals surface area contributed by atoms with E-state index < -0.39 is 0 Å². The van der Waals surface area contributed by atoms with E-state index in [2.05, 4.69) is 0 Å². The number of nitrogens with two attached hydrogens (primary N) is 1. The Labute approximate surface area is 73.6 Å². The molecule has 0 spiro atoms. The average molecular weight is 182 g/mol. The zero-order chi connectivity index (χ0) is 7.40. The Morgan fingerprint density at radius 1 is 1.64 bits per heavy atom. The summed E-state index contributed by atoms with van der Waals surface area (Å²) in [6.45, 7) is 1.40. The number of hydrogen-bond acceptors (Lipinski definition) is 3. The summed E-state index contributed by atoms with van der Waals surface area (Å²) in [4.78, 5) is 0. The normalized spacial score (nSPS) is 31.1. The van der Waals surface area contributed by atoms with Gasteiger partial charge in [0.05, 0.1) is 12.2 Å².